The van der Waals surface area contributed by atoms with Crippen molar-refractivity contribution in [3.05, 3.63) is 59.8 Å². The van der Waals surface area contributed by atoms with Crippen molar-refractivity contribution in [2.75, 3.05) is 11.9 Å². The number of benzene rings is 1. The van der Waals surface area contributed by atoms with Crippen LogP contribution in [0.2, 0.25) is 0 Å². The monoisotopic (exact) mass is 391 g/mol. The third kappa shape index (κ3) is 2.98. The van der Waals surface area contributed by atoms with E-state index in [4.69, 9.17) is 0 Å². The molecule has 9 nitrogen and oxygen atoms in total. The highest BCUT2D eigenvalue weighted by Gasteiger charge is 2.33. The molecule has 3 aromatic rings. The van der Waals surface area contributed by atoms with E-state index in [9.17, 15) is 9.59 Å². The minimum absolute atomic E-state index is 0.109. The molecule has 1 aromatic carbocycles. The number of amides is 2. The van der Waals surface area contributed by atoms with Crippen LogP contribution >= 0.6 is 0 Å². The smallest absolute Gasteiger partial charge is 0.291 e. The molecule has 29 heavy (non-hydrogen) atoms. The van der Waals surface area contributed by atoms with E-state index < -0.39 is 11.9 Å². The molecule has 148 valence electrons. The Morgan fingerprint density at radius 3 is 2.72 bits per heavy atom. The normalized spacial score (nSPS) is 20.9. The summed E-state index contributed by atoms with van der Waals surface area (Å²) in [6.07, 6.45) is 3.04. The van der Waals surface area contributed by atoms with Crippen LogP contribution in [0, 0.1) is 0 Å². The highest BCUT2D eigenvalue weighted by atomic mass is 16.2. The number of aromatic nitrogens is 5. The Hall–Kier alpha value is -3.49. The fourth-order valence-corrected chi connectivity index (χ4v) is 4.12. The number of rotatable bonds is 3. The number of aryl methyl sites for hydroxylation is 2. The molecule has 2 amide bonds. The Bertz CT molecular complexity index is 1070. The van der Waals surface area contributed by atoms with Crippen molar-refractivity contribution in [2.24, 2.45) is 0 Å². The second-order valence-corrected chi connectivity index (χ2v) is 7.39. The van der Waals surface area contributed by atoms with Gasteiger partial charge in [-0.25, -0.2) is 14.3 Å². The molecule has 0 radical (unpaired) electrons. The fourth-order valence-electron chi connectivity index (χ4n) is 4.12. The van der Waals surface area contributed by atoms with E-state index in [1.54, 1.807) is 28.7 Å². The van der Waals surface area contributed by atoms with Gasteiger partial charge in [-0.2, -0.15) is 5.10 Å². The molecule has 0 saturated heterocycles. The van der Waals surface area contributed by atoms with E-state index in [-0.39, 0.29) is 17.6 Å². The highest BCUT2D eigenvalue weighted by Crippen LogP contribution is 2.32. The number of carbonyl (C=O) groups excluding carboxylic acids is 2. The summed E-state index contributed by atoms with van der Waals surface area (Å²) in [4.78, 5) is 31.6. The first-order valence-corrected chi connectivity index (χ1v) is 9.72. The summed E-state index contributed by atoms with van der Waals surface area (Å²) in [5.74, 6) is 1.16. The Labute approximate surface area is 167 Å². The van der Waals surface area contributed by atoms with Crippen LogP contribution < -0.4 is 10.2 Å². The van der Waals surface area contributed by atoms with Crippen molar-refractivity contribution >= 4 is 17.6 Å². The number of nitrogens with one attached hydrogen (secondary N) is 1. The summed E-state index contributed by atoms with van der Waals surface area (Å²) in [6.45, 7) is 1.27. The summed E-state index contributed by atoms with van der Waals surface area (Å²) >= 11 is 0. The van der Waals surface area contributed by atoms with Crippen molar-refractivity contribution in [1.82, 2.24) is 29.9 Å². The number of likely N-dealkylation sites (N-methyl/N-ethyl adjacent to an activating group) is 1. The van der Waals surface area contributed by atoms with Gasteiger partial charge in [0.15, 0.2) is 0 Å². The average Bonchev–Trinajstić information content (AvgIpc) is 3.44. The second kappa shape index (κ2) is 6.84. The largest absolute Gasteiger partial charge is 0.337 e. The molecule has 4 heterocycles. The van der Waals surface area contributed by atoms with Crippen LogP contribution in [0.25, 0.3) is 0 Å². The number of carbonyl (C=O) groups is 2. The lowest BCUT2D eigenvalue weighted by Crippen LogP contribution is -2.47. The molecule has 2 unspecified atom stereocenters. The van der Waals surface area contributed by atoms with Gasteiger partial charge in [0.2, 0.25) is 5.82 Å². The third-order valence-electron chi connectivity index (χ3n) is 5.65. The lowest BCUT2D eigenvalue weighted by molar-refractivity contribution is -0.120. The Balaban J connectivity index is 1.34. The van der Waals surface area contributed by atoms with Gasteiger partial charge in [-0.05, 0) is 18.4 Å². The van der Waals surface area contributed by atoms with Gasteiger partial charge in [0.1, 0.15) is 17.7 Å². The second-order valence-electron chi connectivity index (χ2n) is 7.39. The Kier molecular flexibility index (Phi) is 4.15. The predicted octanol–water partition coefficient (Wildman–Crippen LogP) is 1.18. The summed E-state index contributed by atoms with van der Waals surface area (Å²) in [7, 11) is 1.69. The molecule has 0 fully saturated rings. The molecule has 2 aromatic heterocycles. The van der Waals surface area contributed by atoms with E-state index in [1.165, 1.54) is 10.5 Å². The van der Waals surface area contributed by atoms with Crippen molar-refractivity contribution in [2.45, 2.75) is 37.9 Å². The van der Waals surface area contributed by atoms with Crippen LogP contribution in [0.15, 0.2) is 42.6 Å². The van der Waals surface area contributed by atoms with Crippen molar-refractivity contribution in [3.8, 4) is 0 Å². The van der Waals surface area contributed by atoms with Gasteiger partial charge >= 0.3 is 0 Å². The molecule has 0 aliphatic carbocycles. The SMILES string of the molecule is CN1C(=O)C(NC(=O)c2nc3n(n2)CCC3c2ccccc2)CCn2nccc21. The fraction of sp³-hybridized carbons (Fsp3) is 0.350. The minimum atomic E-state index is -0.641. The molecule has 1 N–H and O–H groups in total. The van der Waals surface area contributed by atoms with E-state index >= 15 is 0 Å². The molecule has 2 atom stereocenters. The van der Waals surface area contributed by atoms with Crippen LogP contribution in [-0.4, -0.2) is 49.4 Å². The van der Waals surface area contributed by atoms with Crippen LogP contribution in [0.1, 0.15) is 40.8 Å². The van der Waals surface area contributed by atoms with Gasteiger partial charge < -0.3 is 5.32 Å². The van der Waals surface area contributed by atoms with Crippen molar-refractivity contribution < 1.29 is 9.59 Å². The zero-order valence-electron chi connectivity index (χ0n) is 16.0. The average molecular weight is 391 g/mol. The molecule has 9 heteroatoms. The summed E-state index contributed by atoms with van der Waals surface area (Å²) in [5.41, 5.74) is 1.17. The van der Waals surface area contributed by atoms with E-state index in [1.807, 2.05) is 18.2 Å². The first kappa shape index (κ1) is 17.6. The number of anilines is 1. The van der Waals surface area contributed by atoms with Gasteiger partial charge in [-0.15, -0.1) is 5.10 Å². The summed E-state index contributed by atoms with van der Waals surface area (Å²) < 4.78 is 3.56. The van der Waals surface area contributed by atoms with Gasteiger partial charge in [0, 0.05) is 32.1 Å². The molecular formula is C20H21N7O2. The first-order chi connectivity index (χ1) is 14.1. The number of nitrogens with zero attached hydrogens (tertiary/aromatic N) is 6. The molecular weight excluding hydrogens is 370 g/mol. The van der Waals surface area contributed by atoms with Gasteiger partial charge in [-0.1, -0.05) is 30.3 Å². The Morgan fingerprint density at radius 1 is 1.10 bits per heavy atom. The van der Waals surface area contributed by atoms with Crippen LogP contribution in [0.5, 0.6) is 0 Å². The first-order valence-electron chi connectivity index (χ1n) is 9.72. The summed E-state index contributed by atoms with van der Waals surface area (Å²) in [6, 6.07) is 11.3. The predicted molar refractivity (Wildman–Crippen MR) is 104 cm³/mol. The zero-order valence-corrected chi connectivity index (χ0v) is 16.0. The van der Waals surface area contributed by atoms with E-state index in [0.29, 0.717) is 13.0 Å². The van der Waals surface area contributed by atoms with Crippen molar-refractivity contribution in [1.29, 1.82) is 0 Å². The maximum absolute atomic E-state index is 12.8. The van der Waals surface area contributed by atoms with Gasteiger partial charge in [0.25, 0.3) is 11.8 Å². The molecule has 0 bridgehead atoms. The zero-order chi connectivity index (χ0) is 20.0. The Morgan fingerprint density at radius 2 is 1.90 bits per heavy atom. The lowest BCUT2D eigenvalue weighted by atomic mass is 9.97. The van der Waals surface area contributed by atoms with E-state index in [2.05, 4.69) is 32.6 Å². The van der Waals surface area contributed by atoms with E-state index in [0.717, 1.165) is 24.6 Å². The maximum Gasteiger partial charge on any atom is 0.291 e. The standard InChI is InChI=1S/C20H21N7O2/c1-25-16-7-10-21-26(16)12-9-15(20(25)29)22-19(28)17-23-18-14(8-11-27(18)24-17)13-5-3-2-4-6-13/h2-7,10,14-15H,8-9,11-12H2,1H3,(H,22,28). The number of hydrogen-bond donors (Lipinski definition) is 1. The quantitative estimate of drug-likeness (QED) is 0.723. The van der Waals surface area contributed by atoms with Crippen LogP contribution in [0.3, 0.4) is 0 Å². The number of fused-ring (bicyclic) bond motifs is 2. The van der Waals surface area contributed by atoms with Crippen LogP contribution in [-0.2, 0) is 17.9 Å². The summed E-state index contributed by atoms with van der Waals surface area (Å²) in [5, 5.41) is 11.4. The topological polar surface area (TPSA) is 97.9 Å². The molecule has 2 aliphatic rings. The lowest BCUT2D eigenvalue weighted by Gasteiger charge is -2.19. The number of hydrogen-bond acceptors (Lipinski definition) is 5. The molecule has 5 rings (SSSR count). The minimum Gasteiger partial charge on any atom is -0.337 e. The van der Waals surface area contributed by atoms with Gasteiger partial charge in [-0.3, -0.25) is 14.5 Å². The highest BCUT2D eigenvalue weighted by molar-refractivity contribution is 6.00. The molecule has 0 spiro atoms. The van der Waals surface area contributed by atoms with Crippen LogP contribution in [0.4, 0.5) is 5.82 Å². The van der Waals surface area contributed by atoms with Gasteiger partial charge in [0.05, 0.1) is 6.20 Å². The molecule has 0 saturated carbocycles. The van der Waals surface area contributed by atoms with Crippen molar-refractivity contribution in [3.63, 3.8) is 0 Å². The molecule has 2 aliphatic heterocycles. The third-order valence-corrected chi connectivity index (χ3v) is 5.65. The maximum atomic E-state index is 12.8.